The van der Waals surface area contributed by atoms with Crippen LogP contribution < -0.4 is 5.32 Å². The lowest BCUT2D eigenvalue weighted by Gasteiger charge is -2.45. The summed E-state index contributed by atoms with van der Waals surface area (Å²) in [5.74, 6) is 0. The molecular formula is C12H22N2S. The molecule has 3 fully saturated rings. The zero-order chi connectivity index (χ0) is 10.3. The van der Waals surface area contributed by atoms with E-state index in [0.29, 0.717) is 4.87 Å². The Morgan fingerprint density at radius 3 is 3.07 bits per heavy atom. The Hall–Kier alpha value is 0.270. The molecule has 1 N–H and O–H groups in total. The summed E-state index contributed by atoms with van der Waals surface area (Å²) in [4.78, 5) is 3.17. The summed E-state index contributed by atoms with van der Waals surface area (Å²) < 4.78 is 0. The third kappa shape index (κ3) is 1.73. The van der Waals surface area contributed by atoms with Gasteiger partial charge in [0.2, 0.25) is 0 Å². The fourth-order valence-corrected chi connectivity index (χ4v) is 5.33. The fourth-order valence-electron chi connectivity index (χ4n) is 3.55. The van der Waals surface area contributed by atoms with Gasteiger partial charge in [-0.2, -0.15) is 0 Å². The maximum atomic E-state index is 3.85. The molecule has 15 heavy (non-hydrogen) atoms. The molecule has 3 heteroatoms. The number of nitrogens with zero attached hydrogens (tertiary/aromatic N) is 1. The van der Waals surface area contributed by atoms with E-state index in [9.17, 15) is 0 Å². The van der Waals surface area contributed by atoms with Crippen molar-refractivity contribution >= 4 is 11.8 Å². The summed E-state index contributed by atoms with van der Waals surface area (Å²) in [7, 11) is 0. The highest BCUT2D eigenvalue weighted by Crippen LogP contribution is 2.46. The van der Waals surface area contributed by atoms with Crippen molar-refractivity contribution in [2.24, 2.45) is 0 Å². The molecule has 3 atom stereocenters. The summed E-state index contributed by atoms with van der Waals surface area (Å²) in [6, 6.07) is 0.832. The van der Waals surface area contributed by atoms with Gasteiger partial charge in [0, 0.05) is 17.8 Å². The first-order valence-corrected chi connectivity index (χ1v) is 7.35. The SMILES string of the molecule is CC1CCNC2(CCN3CCCCC32)S1. The van der Waals surface area contributed by atoms with E-state index in [4.69, 9.17) is 0 Å². The summed E-state index contributed by atoms with van der Waals surface area (Å²) in [6.07, 6.45) is 7.00. The zero-order valence-electron chi connectivity index (χ0n) is 9.67. The van der Waals surface area contributed by atoms with Crippen molar-refractivity contribution in [3.63, 3.8) is 0 Å². The molecule has 3 unspecified atom stereocenters. The second-order valence-corrected chi connectivity index (χ2v) is 7.10. The number of nitrogens with one attached hydrogen (secondary N) is 1. The molecule has 0 amide bonds. The van der Waals surface area contributed by atoms with Gasteiger partial charge >= 0.3 is 0 Å². The predicted octanol–water partition coefficient (Wildman–Crippen LogP) is 2.06. The minimum Gasteiger partial charge on any atom is -0.301 e. The van der Waals surface area contributed by atoms with Crippen LogP contribution in [0, 0.1) is 0 Å². The Morgan fingerprint density at radius 2 is 2.20 bits per heavy atom. The summed E-state index contributed by atoms with van der Waals surface area (Å²) in [5.41, 5.74) is 0. The van der Waals surface area contributed by atoms with Crippen LogP contribution in [-0.2, 0) is 0 Å². The molecule has 0 aliphatic carbocycles. The third-order valence-corrected chi connectivity index (χ3v) is 5.99. The van der Waals surface area contributed by atoms with Gasteiger partial charge in [-0.1, -0.05) is 13.3 Å². The first-order chi connectivity index (χ1) is 7.30. The van der Waals surface area contributed by atoms with Crippen molar-refractivity contribution in [2.45, 2.75) is 55.2 Å². The van der Waals surface area contributed by atoms with E-state index in [1.807, 2.05) is 0 Å². The van der Waals surface area contributed by atoms with Gasteiger partial charge in [-0.3, -0.25) is 4.90 Å². The molecule has 0 aromatic carbocycles. The fraction of sp³-hybridized carbons (Fsp3) is 1.00. The third-order valence-electron chi connectivity index (χ3n) is 4.31. The quantitative estimate of drug-likeness (QED) is 0.680. The molecule has 0 saturated carbocycles. The number of piperidine rings is 1. The van der Waals surface area contributed by atoms with Gasteiger partial charge in [0.05, 0.1) is 4.87 Å². The number of fused-ring (bicyclic) bond motifs is 2. The summed E-state index contributed by atoms with van der Waals surface area (Å²) in [6.45, 7) is 6.32. The second-order valence-electron chi connectivity index (χ2n) is 5.33. The van der Waals surface area contributed by atoms with E-state index in [1.165, 1.54) is 51.7 Å². The summed E-state index contributed by atoms with van der Waals surface area (Å²) >= 11 is 2.23. The van der Waals surface area contributed by atoms with Gasteiger partial charge < -0.3 is 5.32 Å². The average molecular weight is 226 g/mol. The maximum Gasteiger partial charge on any atom is 0.0817 e. The predicted molar refractivity (Wildman–Crippen MR) is 66.2 cm³/mol. The van der Waals surface area contributed by atoms with Crippen LogP contribution >= 0.6 is 11.8 Å². The molecule has 1 spiro atoms. The second kappa shape index (κ2) is 3.94. The van der Waals surface area contributed by atoms with Crippen molar-refractivity contribution in [3.8, 4) is 0 Å². The van der Waals surface area contributed by atoms with Gasteiger partial charge in [-0.05, 0) is 38.8 Å². The smallest absolute Gasteiger partial charge is 0.0817 e. The standard InChI is InChI=1S/C12H22N2S/c1-10-5-7-13-12(15-10)6-9-14-8-3-2-4-11(12)14/h10-11,13H,2-9H2,1H3. The van der Waals surface area contributed by atoms with Crippen LogP contribution in [0.1, 0.15) is 39.0 Å². The molecule has 3 saturated heterocycles. The van der Waals surface area contributed by atoms with Gasteiger partial charge in [0.15, 0.2) is 0 Å². The van der Waals surface area contributed by atoms with Crippen molar-refractivity contribution in [1.82, 2.24) is 10.2 Å². The van der Waals surface area contributed by atoms with Crippen LogP contribution in [0.2, 0.25) is 0 Å². The van der Waals surface area contributed by atoms with Crippen molar-refractivity contribution < 1.29 is 0 Å². The van der Waals surface area contributed by atoms with E-state index in [2.05, 4.69) is 28.9 Å². The highest BCUT2D eigenvalue weighted by molar-refractivity contribution is 8.01. The first-order valence-electron chi connectivity index (χ1n) is 6.47. The minimum absolute atomic E-state index is 0.429. The highest BCUT2D eigenvalue weighted by atomic mass is 32.2. The molecule has 0 radical (unpaired) electrons. The molecular weight excluding hydrogens is 204 g/mol. The lowest BCUT2D eigenvalue weighted by molar-refractivity contribution is 0.170. The molecule has 2 nitrogen and oxygen atoms in total. The molecule has 3 rings (SSSR count). The van der Waals surface area contributed by atoms with Crippen LogP contribution in [0.5, 0.6) is 0 Å². The van der Waals surface area contributed by atoms with E-state index in [-0.39, 0.29) is 0 Å². The van der Waals surface area contributed by atoms with Gasteiger partial charge in [0.25, 0.3) is 0 Å². The Bertz CT molecular complexity index is 246. The van der Waals surface area contributed by atoms with Crippen LogP contribution in [0.3, 0.4) is 0 Å². The molecule has 86 valence electrons. The van der Waals surface area contributed by atoms with Crippen LogP contribution in [0.15, 0.2) is 0 Å². The Kier molecular flexibility index (Phi) is 2.74. The number of hydrogen-bond acceptors (Lipinski definition) is 3. The molecule has 0 aromatic heterocycles. The van der Waals surface area contributed by atoms with Crippen LogP contribution in [-0.4, -0.2) is 40.7 Å². The Balaban J connectivity index is 1.79. The normalized spacial score (nSPS) is 47.0. The molecule has 0 aromatic rings. The number of thioether (sulfide) groups is 1. The molecule has 3 aliphatic heterocycles. The lowest BCUT2D eigenvalue weighted by atomic mass is 9.98. The zero-order valence-corrected chi connectivity index (χ0v) is 10.5. The number of rotatable bonds is 0. The van der Waals surface area contributed by atoms with Crippen molar-refractivity contribution in [2.75, 3.05) is 19.6 Å². The van der Waals surface area contributed by atoms with E-state index in [0.717, 1.165) is 11.3 Å². The summed E-state index contributed by atoms with van der Waals surface area (Å²) in [5, 5.41) is 4.70. The van der Waals surface area contributed by atoms with Gasteiger partial charge in [0.1, 0.15) is 0 Å². The van der Waals surface area contributed by atoms with E-state index < -0.39 is 0 Å². The van der Waals surface area contributed by atoms with Gasteiger partial charge in [-0.15, -0.1) is 11.8 Å². The molecule has 3 aliphatic rings. The number of hydrogen-bond donors (Lipinski definition) is 1. The van der Waals surface area contributed by atoms with Crippen molar-refractivity contribution in [3.05, 3.63) is 0 Å². The Labute approximate surface area is 97.2 Å². The molecule has 3 heterocycles. The van der Waals surface area contributed by atoms with Gasteiger partial charge in [-0.25, -0.2) is 0 Å². The van der Waals surface area contributed by atoms with E-state index in [1.54, 1.807) is 0 Å². The molecule has 0 bridgehead atoms. The lowest BCUT2D eigenvalue weighted by Crippen LogP contribution is -2.56. The highest BCUT2D eigenvalue weighted by Gasteiger charge is 2.49. The maximum absolute atomic E-state index is 3.85. The minimum atomic E-state index is 0.429. The largest absolute Gasteiger partial charge is 0.301 e. The topological polar surface area (TPSA) is 15.3 Å². The Morgan fingerprint density at radius 1 is 1.27 bits per heavy atom. The van der Waals surface area contributed by atoms with Crippen LogP contribution in [0.4, 0.5) is 0 Å². The van der Waals surface area contributed by atoms with Crippen LogP contribution in [0.25, 0.3) is 0 Å². The average Bonchev–Trinajstić information content (AvgIpc) is 2.59. The van der Waals surface area contributed by atoms with E-state index >= 15 is 0 Å². The first kappa shape index (κ1) is 10.4. The van der Waals surface area contributed by atoms with Crippen molar-refractivity contribution in [1.29, 1.82) is 0 Å². The monoisotopic (exact) mass is 226 g/mol.